The van der Waals surface area contributed by atoms with Crippen LogP contribution in [0.5, 0.6) is 0 Å². The van der Waals surface area contributed by atoms with E-state index in [4.69, 9.17) is 24.3 Å². The largest absolute Gasteiger partial charge is 0.477 e. The Hall–Kier alpha value is -2.57. The number of carbonyl (C=O) groups excluding carboxylic acids is 2. The summed E-state index contributed by atoms with van der Waals surface area (Å²) in [6, 6.07) is -0.356. The third-order valence-electron chi connectivity index (χ3n) is 7.75. The molecule has 2 saturated heterocycles. The molecular formula is C26H42N5O16PS. The summed E-state index contributed by atoms with van der Waals surface area (Å²) in [5.41, 5.74) is 4.50. The van der Waals surface area contributed by atoms with Gasteiger partial charge in [0.1, 0.15) is 42.1 Å². The van der Waals surface area contributed by atoms with Crippen LogP contribution >= 0.6 is 19.6 Å². The number of rotatable bonds is 17. The molecular weight excluding hydrogens is 701 g/mol. The number of carboxylic acids is 1. The molecule has 23 heteroatoms. The second kappa shape index (κ2) is 17.1. The Morgan fingerprint density at radius 2 is 1.94 bits per heavy atom. The number of nitrogens with two attached hydrogens (primary N) is 1. The summed E-state index contributed by atoms with van der Waals surface area (Å²) in [5, 5.41) is 68.4. The molecule has 1 aromatic heterocycles. The summed E-state index contributed by atoms with van der Waals surface area (Å²) >= 11 is 1.46. The lowest BCUT2D eigenvalue weighted by molar-refractivity contribution is -0.288. The number of amides is 1. The van der Waals surface area contributed by atoms with Crippen LogP contribution in [0, 0.1) is 5.92 Å². The number of hydrogen-bond acceptors (Lipinski definition) is 18. The highest BCUT2D eigenvalue weighted by Crippen LogP contribution is 2.51. The SMILES string of the molecule is CSCC(C)C(=O)CNCC(O)C(O)C1OC(OP(=O)(O)OC[C@H]2O[C@@H](n3ccc(N)nc3=O)[C@H](O)[C@@H]2O)(C(=O)O)CC(O)C1NC(C)=O. The van der Waals surface area contributed by atoms with Crippen molar-refractivity contribution in [2.75, 3.05) is 37.4 Å². The van der Waals surface area contributed by atoms with Crippen LogP contribution < -0.4 is 22.1 Å². The van der Waals surface area contributed by atoms with Gasteiger partial charge >= 0.3 is 19.5 Å². The number of nitrogens with zero attached hydrogens (tertiary/aromatic N) is 2. The number of nitrogen functional groups attached to an aromatic ring is 1. The van der Waals surface area contributed by atoms with Gasteiger partial charge in [-0.25, -0.2) is 18.7 Å². The number of ketones is 1. The molecule has 1 amide bonds. The number of aliphatic hydroxyl groups is 5. The molecule has 11 N–H and O–H groups in total. The molecule has 0 bridgehead atoms. The Morgan fingerprint density at radius 3 is 2.53 bits per heavy atom. The molecule has 3 heterocycles. The maximum atomic E-state index is 13.0. The molecule has 2 aliphatic rings. The number of hydrogen-bond donors (Lipinski definition) is 10. The number of Topliss-reactive ketones (excluding diaryl/α,β-unsaturated/α-hetero) is 1. The molecule has 0 spiro atoms. The van der Waals surface area contributed by atoms with Gasteiger partial charge in [0.25, 0.3) is 5.79 Å². The number of anilines is 1. The smallest absolute Gasteiger partial charge is 0.475 e. The molecule has 8 unspecified atom stereocenters. The van der Waals surface area contributed by atoms with Gasteiger partial charge in [0, 0.05) is 37.8 Å². The van der Waals surface area contributed by atoms with E-state index >= 15 is 0 Å². The maximum absolute atomic E-state index is 13.0. The van der Waals surface area contributed by atoms with Gasteiger partial charge in [-0.15, -0.1) is 0 Å². The Morgan fingerprint density at radius 1 is 1.27 bits per heavy atom. The van der Waals surface area contributed by atoms with Crippen LogP contribution in [0.2, 0.25) is 0 Å². The Bertz CT molecular complexity index is 1440. The highest BCUT2D eigenvalue weighted by atomic mass is 32.2. The highest BCUT2D eigenvalue weighted by molar-refractivity contribution is 7.98. The quantitative estimate of drug-likeness (QED) is 0.0678. The van der Waals surface area contributed by atoms with Crippen molar-refractivity contribution in [1.82, 2.24) is 20.2 Å². The van der Waals surface area contributed by atoms with Gasteiger partial charge in [0.05, 0.1) is 31.4 Å². The molecule has 0 aliphatic carbocycles. The number of thioether (sulfide) groups is 1. The number of ether oxygens (including phenoxy) is 2. The Kier molecular flexibility index (Phi) is 14.3. The van der Waals surface area contributed by atoms with Crippen molar-refractivity contribution in [3.63, 3.8) is 0 Å². The number of carboxylic acid groups (broad SMARTS) is 1. The minimum Gasteiger partial charge on any atom is -0.477 e. The van der Waals surface area contributed by atoms with Gasteiger partial charge < -0.3 is 61.4 Å². The first kappa shape index (κ1) is 40.9. The maximum Gasteiger partial charge on any atom is 0.475 e. The highest BCUT2D eigenvalue weighted by Gasteiger charge is 2.59. The molecule has 0 saturated carbocycles. The first-order chi connectivity index (χ1) is 22.8. The van der Waals surface area contributed by atoms with E-state index in [0.29, 0.717) is 5.75 Å². The van der Waals surface area contributed by atoms with E-state index in [1.54, 1.807) is 6.92 Å². The van der Waals surface area contributed by atoms with Crippen molar-refractivity contribution in [3.05, 3.63) is 22.7 Å². The van der Waals surface area contributed by atoms with Crippen molar-refractivity contribution < 1.29 is 73.0 Å². The van der Waals surface area contributed by atoms with Crippen LogP contribution in [-0.4, -0.2) is 149 Å². The Balaban J connectivity index is 1.75. The summed E-state index contributed by atoms with van der Waals surface area (Å²) in [7, 11) is -5.56. The topological polar surface area (TPSA) is 332 Å². The van der Waals surface area contributed by atoms with E-state index in [1.807, 2.05) is 6.26 Å². The van der Waals surface area contributed by atoms with Crippen LogP contribution in [-0.2, 0) is 37.5 Å². The molecule has 2 aliphatic heterocycles. The molecule has 21 nitrogen and oxygen atoms in total. The zero-order chi connectivity index (χ0) is 36.8. The number of aromatic nitrogens is 2. The van der Waals surface area contributed by atoms with Crippen LogP contribution in [0.4, 0.5) is 5.82 Å². The van der Waals surface area contributed by atoms with Gasteiger partial charge in [0.2, 0.25) is 5.91 Å². The normalized spacial score (nSPS) is 31.7. The minimum atomic E-state index is -5.56. The van der Waals surface area contributed by atoms with Gasteiger partial charge in [-0.3, -0.25) is 18.7 Å². The minimum absolute atomic E-state index is 0.137. The zero-order valence-corrected chi connectivity index (χ0v) is 28.3. The number of aliphatic hydroxyl groups excluding tert-OH is 5. The van der Waals surface area contributed by atoms with Gasteiger partial charge in [-0.05, 0) is 12.3 Å². The summed E-state index contributed by atoms with van der Waals surface area (Å²) in [4.78, 5) is 62.8. The lowest BCUT2D eigenvalue weighted by Gasteiger charge is -2.46. The van der Waals surface area contributed by atoms with E-state index in [2.05, 4.69) is 15.6 Å². The third kappa shape index (κ3) is 10.3. The van der Waals surface area contributed by atoms with E-state index in [-0.39, 0.29) is 24.1 Å². The average molecular weight is 744 g/mol. The van der Waals surface area contributed by atoms with Crippen molar-refractivity contribution in [1.29, 1.82) is 0 Å². The first-order valence-electron chi connectivity index (χ1n) is 14.8. The zero-order valence-electron chi connectivity index (χ0n) is 26.6. The fraction of sp³-hybridized carbons (Fsp3) is 0.731. The number of nitrogens with one attached hydrogen (secondary N) is 2. The van der Waals surface area contributed by atoms with Crippen LogP contribution in [0.1, 0.15) is 26.5 Å². The lowest BCUT2D eigenvalue weighted by atomic mass is 9.88. The van der Waals surface area contributed by atoms with E-state index in [1.165, 1.54) is 17.8 Å². The van der Waals surface area contributed by atoms with E-state index in [0.717, 1.165) is 17.7 Å². The average Bonchev–Trinajstić information content (AvgIpc) is 3.29. The summed E-state index contributed by atoms with van der Waals surface area (Å²) < 4.78 is 34.5. The summed E-state index contributed by atoms with van der Waals surface area (Å²) in [6.07, 6.45) is -12.6. The van der Waals surface area contributed by atoms with Gasteiger partial charge in [-0.2, -0.15) is 16.7 Å². The fourth-order valence-corrected chi connectivity index (χ4v) is 6.83. The molecule has 12 atom stereocenters. The number of phosphoric acid groups is 1. The molecule has 278 valence electrons. The monoisotopic (exact) mass is 743 g/mol. The van der Waals surface area contributed by atoms with Gasteiger partial charge in [-0.1, -0.05) is 6.92 Å². The molecule has 3 rings (SSSR count). The summed E-state index contributed by atoms with van der Waals surface area (Å²) in [6.45, 7) is 1.12. The standard InChI is InChI=1S/C26H42N5O16PS/c1-11(10-49-3)14(34)7-28-8-15(35)19(36)22-18(29-12(2)32)13(33)6-26(46-22,24(39)40)47-48(42,43)44-9-16-20(37)21(38)23(45-16)31-5-4-17(27)30-25(31)41/h4-5,11,13,15-16,18-23,28,33,35-38H,6-10H2,1-3H3,(H,29,32)(H,39,40)(H,42,43)(H2,27,30,41)/t11?,13?,15?,16-,18?,19?,20-,21-,22?,23-,26?/m1/s1. The predicted octanol–water partition coefficient (Wildman–Crippen LogP) is -4.11. The lowest BCUT2D eigenvalue weighted by Crippen LogP contribution is -2.68. The van der Waals surface area contributed by atoms with Crippen molar-refractivity contribution in [3.8, 4) is 0 Å². The molecule has 49 heavy (non-hydrogen) atoms. The van der Waals surface area contributed by atoms with E-state index < -0.39 is 106 Å². The van der Waals surface area contributed by atoms with Crippen molar-refractivity contribution in [2.24, 2.45) is 5.92 Å². The van der Waals surface area contributed by atoms with Crippen LogP contribution in [0.3, 0.4) is 0 Å². The second-order valence-electron chi connectivity index (χ2n) is 11.6. The first-order valence-corrected chi connectivity index (χ1v) is 17.7. The number of phosphoric ester groups is 1. The Labute approximate surface area is 283 Å². The second-order valence-corrected chi connectivity index (χ2v) is 13.9. The molecule has 2 fully saturated rings. The molecule has 1 aromatic rings. The van der Waals surface area contributed by atoms with Crippen molar-refractivity contribution in [2.45, 2.75) is 81.1 Å². The molecule has 0 radical (unpaired) electrons. The van der Waals surface area contributed by atoms with Crippen LogP contribution in [0.15, 0.2) is 17.1 Å². The fourth-order valence-electron chi connectivity index (χ4n) is 5.19. The summed E-state index contributed by atoms with van der Waals surface area (Å²) in [5.74, 6) is -6.14. The van der Waals surface area contributed by atoms with Crippen LogP contribution in [0.25, 0.3) is 0 Å². The predicted molar refractivity (Wildman–Crippen MR) is 167 cm³/mol. The molecule has 0 aromatic carbocycles. The van der Waals surface area contributed by atoms with Crippen molar-refractivity contribution >= 4 is 43.1 Å². The number of carbonyl (C=O) groups is 3. The van der Waals surface area contributed by atoms with E-state index in [9.17, 15) is 59.3 Å². The third-order valence-corrected chi connectivity index (χ3v) is 9.58. The van der Waals surface area contributed by atoms with Gasteiger partial charge in [0.15, 0.2) is 6.23 Å². The number of aliphatic carboxylic acids is 1.